The molecule has 0 nitrogen and oxygen atoms in total. The van der Waals surface area contributed by atoms with Crippen molar-refractivity contribution in [3.63, 3.8) is 0 Å². The van der Waals surface area contributed by atoms with Crippen LogP contribution >= 0.6 is 0 Å². The van der Waals surface area contributed by atoms with E-state index >= 15 is 0 Å². The number of hydrogen-bond acceptors (Lipinski definition) is 0. The van der Waals surface area contributed by atoms with Crippen LogP contribution < -0.4 is 0 Å². The van der Waals surface area contributed by atoms with Crippen LogP contribution in [0.2, 0.25) is 0 Å². The molecule has 0 amide bonds. The van der Waals surface area contributed by atoms with Gasteiger partial charge in [-0.3, -0.25) is 0 Å². The van der Waals surface area contributed by atoms with Crippen molar-refractivity contribution < 1.29 is 0 Å². The maximum absolute atomic E-state index is 3.07. The van der Waals surface area contributed by atoms with Gasteiger partial charge in [0.1, 0.15) is 0 Å². The zero-order valence-corrected chi connectivity index (χ0v) is 9.02. The van der Waals surface area contributed by atoms with E-state index in [2.05, 4.69) is 50.0 Å². The molecule has 0 aliphatic rings. The summed E-state index contributed by atoms with van der Waals surface area (Å²) in [7, 11) is 0. The van der Waals surface area contributed by atoms with Gasteiger partial charge in [0.2, 0.25) is 0 Å². The molecule has 1 rings (SSSR count). The van der Waals surface area contributed by atoms with Crippen molar-refractivity contribution in [3.8, 4) is 11.8 Å². The highest BCUT2D eigenvalue weighted by molar-refractivity contribution is 5.35. The molecule has 0 N–H and O–H groups in total. The lowest BCUT2D eigenvalue weighted by molar-refractivity contribution is 1.28. The predicted octanol–water partition coefficient (Wildman–Crippen LogP) is 3.78. The van der Waals surface area contributed by atoms with Crippen LogP contribution in [-0.4, -0.2) is 0 Å². The average molecular weight is 174 g/mol. The summed E-state index contributed by atoms with van der Waals surface area (Å²) in [6, 6.07) is 8.27. The van der Waals surface area contributed by atoms with Gasteiger partial charge in [-0.2, -0.15) is 0 Å². The van der Waals surface area contributed by atoms with Crippen molar-refractivity contribution in [2.45, 2.75) is 34.1 Å². The Hall–Kier alpha value is -1.22. The lowest BCUT2D eigenvalue weighted by atomic mass is 10.1. The first kappa shape index (κ1) is 11.8. The van der Waals surface area contributed by atoms with Gasteiger partial charge in [0.25, 0.3) is 0 Å². The van der Waals surface area contributed by atoms with Gasteiger partial charge in [-0.05, 0) is 19.1 Å². The minimum Gasteiger partial charge on any atom is -0.0982 e. The van der Waals surface area contributed by atoms with Gasteiger partial charge in [-0.25, -0.2) is 0 Å². The third-order valence-corrected chi connectivity index (χ3v) is 1.46. The molecule has 1 aromatic carbocycles. The fourth-order valence-electron chi connectivity index (χ4n) is 0.827. The molecule has 0 heteroatoms. The minimum absolute atomic E-state index is 0.924. The summed E-state index contributed by atoms with van der Waals surface area (Å²) in [5.41, 5.74) is 2.39. The van der Waals surface area contributed by atoms with Crippen LogP contribution in [0.1, 0.15) is 38.3 Å². The number of benzene rings is 1. The minimum atomic E-state index is 0.924. The topological polar surface area (TPSA) is 0 Å². The van der Waals surface area contributed by atoms with E-state index in [-0.39, 0.29) is 0 Å². The highest BCUT2D eigenvalue weighted by Gasteiger charge is 1.83. The molecule has 0 fully saturated rings. The van der Waals surface area contributed by atoms with E-state index in [0.29, 0.717) is 0 Å². The van der Waals surface area contributed by atoms with E-state index in [4.69, 9.17) is 0 Å². The SMILES string of the molecule is CC.CCC#Cc1ccc(C)cc1. The van der Waals surface area contributed by atoms with E-state index in [1.54, 1.807) is 0 Å². The van der Waals surface area contributed by atoms with Crippen LogP contribution in [0.3, 0.4) is 0 Å². The number of aryl methyl sites for hydroxylation is 1. The summed E-state index contributed by atoms with van der Waals surface area (Å²) in [6.45, 7) is 8.14. The van der Waals surface area contributed by atoms with Gasteiger partial charge in [-0.1, -0.05) is 50.3 Å². The molecule has 0 radical (unpaired) electrons. The normalized spacial score (nSPS) is 7.69. The van der Waals surface area contributed by atoms with Gasteiger partial charge < -0.3 is 0 Å². The molecule has 0 unspecified atom stereocenters. The standard InChI is InChI=1S/C11H12.C2H6/c1-3-4-5-11-8-6-10(2)7-9-11;1-2/h6-9H,3H2,1-2H3;1-2H3. The van der Waals surface area contributed by atoms with Crippen molar-refractivity contribution in [1.29, 1.82) is 0 Å². The third kappa shape index (κ3) is 5.09. The van der Waals surface area contributed by atoms with Gasteiger partial charge in [0, 0.05) is 12.0 Å². The van der Waals surface area contributed by atoms with Crippen molar-refractivity contribution in [2.24, 2.45) is 0 Å². The maximum atomic E-state index is 3.07. The van der Waals surface area contributed by atoms with Gasteiger partial charge in [0.05, 0.1) is 0 Å². The maximum Gasteiger partial charge on any atom is 0.0245 e. The molecule has 0 aliphatic carbocycles. The van der Waals surface area contributed by atoms with E-state index in [9.17, 15) is 0 Å². The molecule has 0 saturated heterocycles. The highest BCUT2D eigenvalue weighted by Crippen LogP contribution is 2.00. The lowest BCUT2D eigenvalue weighted by Gasteiger charge is -1.90. The second kappa shape index (κ2) is 7.43. The Kier molecular flexibility index (Phi) is 6.73. The van der Waals surface area contributed by atoms with Crippen LogP contribution in [0.5, 0.6) is 0 Å². The molecule has 0 bridgehead atoms. The van der Waals surface area contributed by atoms with Crippen LogP contribution in [-0.2, 0) is 0 Å². The largest absolute Gasteiger partial charge is 0.0982 e. The Morgan fingerprint density at radius 3 is 2.08 bits per heavy atom. The van der Waals surface area contributed by atoms with E-state index in [0.717, 1.165) is 12.0 Å². The van der Waals surface area contributed by atoms with E-state index < -0.39 is 0 Å². The first-order chi connectivity index (χ1) is 6.33. The Morgan fingerprint density at radius 1 is 1.08 bits per heavy atom. The predicted molar refractivity (Wildman–Crippen MR) is 59.7 cm³/mol. The molecular weight excluding hydrogens is 156 g/mol. The smallest absolute Gasteiger partial charge is 0.0245 e. The summed E-state index contributed by atoms with van der Waals surface area (Å²) in [6.07, 6.45) is 0.924. The quantitative estimate of drug-likeness (QED) is 0.525. The zero-order chi connectivity index (χ0) is 10.1. The molecule has 0 aromatic heterocycles. The first-order valence-corrected chi connectivity index (χ1v) is 4.88. The lowest BCUT2D eigenvalue weighted by Crippen LogP contribution is -1.74. The molecular formula is C13H18. The third-order valence-electron chi connectivity index (χ3n) is 1.46. The summed E-state index contributed by atoms with van der Waals surface area (Å²) in [5.74, 6) is 6.11. The van der Waals surface area contributed by atoms with E-state index in [1.807, 2.05) is 13.8 Å². The molecule has 13 heavy (non-hydrogen) atoms. The zero-order valence-electron chi connectivity index (χ0n) is 9.02. The fraction of sp³-hybridized carbons (Fsp3) is 0.385. The molecule has 0 spiro atoms. The Balaban J connectivity index is 0.000000671. The van der Waals surface area contributed by atoms with Crippen molar-refractivity contribution >= 4 is 0 Å². The van der Waals surface area contributed by atoms with Gasteiger partial charge in [0.15, 0.2) is 0 Å². The molecule has 0 heterocycles. The van der Waals surface area contributed by atoms with Crippen molar-refractivity contribution in [1.82, 2.24) is 0 Å². The van der Waals surface area contributed by atoms with Crippen molar-refractivity contribution in [3.05, 3.63) is 35.4 Å². The van der Waals surface area contributed by atoms with Gasteiger partial charge in [-0.15, -0.1) is 0 Å². The van der Waals surface area contributed by atoms with Crippen LogP contribution in [0.25, 0.3) is 0 Å². The van der Waals surface area contributed by atoms with E-state index in [1.165, 1.54) is 5.56 Å². The Bertz CT molecular complexity index is 269. The van der Waals surface area contributed by atoms with Crippen molar-refractivity contribution in [2.75, 3.05) is 0 Å². The monoisotopic (exact) mass is 174 g/mol. The number of hydrogen-bond donors (Lipinski definition) is 0. The molecule has 0 aliphatic heterocycles. The summed E-state index contributed by atoms with van der Waals surface area (Å²) >= 11 is 0. The Morgan fingerprint density at radius 2 is 1.62 bits per heavy atom. The summed E-state index contributed by atoms with van der Waals surface area (Å²) in [4.78, 5) is 0. The molecule has 70 valence electrons. The number of rotatable bonds is 0. The van der Waals surface area contributed by atoms with Crippen LogP contribution in [0, 0.1) is 18.8 Å². The van der Waals surface area contributed by atoms with Gasteiger partial charge >= 0.3 is 0 Å². The second-order valence-electron chi connectivity index (χ2n) is 2.52. The molecule has 1 aromatic rings. The average Bonchev–Trinajstić information content (AvgIpc) is 2.20. The van der Waals surface area contributed by atoms with Crippen LogP contribution in [0.15, 0.2) is 24.3 Å². The molecule has 0 saturated carbocycles. The summed E-state index contributed by atoms with van der Waals surface area (Å²) in [5, 5.41) is 0. The summed E-state index contributed by atoms with van der Waals surface area (Å²) < 4.78 is 0. The van der Waals surface area contributed by atoms with Crippen LogP contribution in [0.4, 0.5) is 0 Å². The second-order valence-corrected chi connectivity index (χ2v) is 2.52. The molecule has 0 atom stereocenters. The fourth-order valence-corrected chi connectivity index (χ4v) is 0.827. The highest BCUT2D eigenvalue weighted by atomic mass is 13.9. The first-order valence-electron chi connectivity index (χ1n) is 4.88. The Labute approximate surface area is 82.0 Å².